The molecule has 4 N–H and O–H groups in total. The predicted molar refractivity (Wildman–Crippen MR) is 564 cm³/mol. The number of para-hydroxylation sites is 12. The number of nitrogens with zero attached hydrogens (tertiary/aromatic N) is 3. The summed E-state index contributed by atoms with van der Waals surface area (Å²) in [7, 11) is -7.47. The molecule has 0 saturated carbocycles. The Bertz CT molecular complexity index is 6630. The first-order valence-electron chi connectivity index (χ1n) is 42.9. The number of hydrogen-bond acceptors (Lipinski definition) is 8. The summed E-state index contributed by atoms with van der Waals surface area (Å²) in [6.07, 6.45) is 0. The molecule has 0 fully saturated rings. The van der Waals surface area contributed by atoms with Crippen LogP contribution in [0.1, 0.15) is 0 Å². The van der Waals surface area contributed by atoms with E-state index in [1.54, 1.807) is 0 Å². The minimum absolute atomic E-state index is 0. The van der Waals surface area contributed by atoms with Gasteiger partial charge in [-0.05, 0) is 234 Å². The fourth-order valence-corrected chi connectivity index (χ4v) is 41.0. The number of fused-ring (bicyclic) bond motifs is 10. The smallest absolute Gasteiger partial charge is 0.180 e. The summed E-state index contributed by atoms with van der Waals surface area (Å²) < 4.78 is 21.0. The van der Waals surface area contributed by atoms with Gasteiger partial charge in [0.1, 0.15) is 0 Å². The van der Waals surface area contributed by atoms with Gasteiger partial charge in [-0.3, -0.25) is 10.5 Å². The molecule has 19 aromatic carbocycles. The molecule has 0 spiro atoms. The van der Waals surface area contributed by atoms with Gasteiger partial charge in [0.2, 0.25) is 0 Å². The Morgan fingerprint density at radius 3 is 0.687 bits per heavy atom. The molecule has 5 aliphatic rings. The third-order valence-corrected chi connectivity index (χ3v) is 44.9. The molecule has 131 heavy (non-hydrogen) atoms. The van der Waals surface area contributed by atoms with Crippen LogP contribution in [0.2, 0.25) is 0 Å². The number of rotatable bonds is 12. The van der Waals surface area contributed by atoms with Crippen molar-refractivity contribution in [3.05, 3.63) is 494 Å². The highest BCUT2D eigenvalue weighted by molar-refractivity contribution is 9.11. The van der Waals surface area contributed by atoms with Gasteiger partial charge >= 0.3 is 0 Å². The van der Waals surface area contributed by atoms with Crippen molar-refractivity contribution in [1.29, 1.82) is 0 Å². The summed E-state index contributed by atoms with van der Waals surface area (Å²) in [5, 5.41) is 36.1. The summed E-state index contributed by atoms with van der Waals surface area (Å²) in [6, 6.07) is 176. The van der Waals surface area contributed by atoms with Gasteiger partial charge in [-0.2, -0.15) is 0 Å². The largest absolute Gasteiger partial charge is 0.453 e. The van der Waals surface area contributed by atoms with Crippen LogP contribution in [-0.4, -0.2) is 40.6 Å². The van der Waals surface area contributed by atoms with Crippen molar-refractivity contribution in [3.63, 3.8) is 0 Å². The van der Waals surface area contributed by atoms with Gasteiger partial charge in [-0.1, -0.05) is 396 Å². The first-order chi connectivity index (χ1) is 63.9. The zero-order valence-electron chi connectivity index (χ0n) is 70.8. The van der Waals surface area contributed by atoms with E-state index in [2.05, 4.69) is 459 Å². The van der Waals surface area contributed by atoms with E-state index in [9.17, 15) is 0 Å². The van der Waals surface area contributed by atoms with Gasteiger partial charge in [0.15, 0.2) is 50.6 Å². The van der Waals surface area contributed by atoms with E-state index >= 15 is 0 Å². The standard InChI is InChI=1S/2C42H30NOPSi.C30H20Br2NOP.B.H2O2.H2O/c2*1-3-15-33(16-4-1)46(34-17-5-2-6-18-34)41-25-13-11-23-39(41)45(40-24-12-14-26-42(40)46)32-29-27-31(28-30-32)43-35-19-7-9-21-37(35)44-38-22-10-8-20-36(38)43;31-23-9-1-7-15-29(23)35(30-16-8-2-10-24(30)32)22-19-17-21(18-20-22)33-25-11-3-5-13-27(25)34-28-14-6-4-12-26(28)33;;1-2;/h2*1-30H;1-20H;;1-2H;1H2. The fraction of sp³-hybridized carbons (Fsp3) is 0. The molecule has 3 radical (unpaired) electrons. The summed E-state index contributed by atoms with van der Waals surface area (Å²) >= 11 is 7.62. The van der Waals surface area contributed by atoms with Crippen molar-refractivity contribution in [2.75, 3.05) is 14.7 Å². The topological polar surface area (TPSA) is 109 Å². The monoisotopic (exact) mass is 1910 g/mol. The third kappa shape index (κ3) is 15.7. The van der Waals surface area contributed by atoms with Crippen LogP contribution in [-0.2, 0) is 0 Å². The van der Waals surface area contributed by atoms with Gasteiger partial charge < -0.3 is 34.4 Å². The third-order valence-electron chi connectivity index (χ3n) is 24.6. The van der Waals surface area contributed by atoms with E-state index < -0.39 is 39.9 Å². The van der Waals surface area contributed by atoms with E-state index in [0.29, 0.717) is 0 Å². The summed E-state index contributed by atoms with van der Waals surface area (Å²) in [5.74, 6) is 5.19. The number of benzene rings is 19. The molecule has 5 aliphatic heterocycles. The first-order valence-corrected chi connectivity index (χ1v) is 52.5. The minimum Gasteiger partial charge on any atom is -0.453 e. The normalized spacial score (nSPS) is 13.3. The lowest BCUT2D eigenvalue weighted by Gasteiger charge is -2.43. The van der Waals surface area contributed by atoms with Crippen molar-refractivity contribution in [2.24, 2.45) is 0 Å². The quantitative estimate of drug-likeness (QED) is 0.0539. The van der Waals surface area contributed by atoms with Crippen molar-refractivity contribution < 1.29 is 30.2 Å². The van der Waals surface area contributed by atoms with Crippen molar-refractivity contribution >= 4 is 221 Å². The number of ether oxygens (including phenoxy) is 3. The first kappa shape index (κ1) is 87.0. The second-order valence-electron chi connectivity index (χ2n) is 31.6. The number of hydrogen-bond donors (Lipinski definition) is 2. The maximum atomic E-state index is 6.28. The van der Waals surface area contributed by atoms with Crippen LogP contribution in [0.4, 0.5) is 51.2 Å². The molecule has 5 heterocycles. The maximum absolute atomic E-state index is 6.28. The molecule has 0 atom stereocenters. The van der Waals surface area contributed by atoms with E-state index in [1.165, 1.54) is 89.2 Å². The van der Waals surface area contributed by atoms with Gasteiger partial charge in [0.25, 0.3) is 0 Å². The molecule has 0 aromatic heterocycles. The highest BCUT2D eigenvalue weighted by Crippen LogP contribution is 2.54. The number of halogens is 2. The molecule has 17 heteroatoms. The highest BCUT2D eigenvalue weighted by Gasteiger charge is 2.51. The van der Waals surface area contributed by atoms with E-state index in [4.69, 9.17) is 24.7 Å². The summed E-state index contributed by atoms with van der Waals surface area (Å²) in [5.41, 5.74) is 9.63. The molecular formula is C114H84BBr2N3O6P3Si2. The molecule has 0 saturated heterocycles. The van der Waals surface area contributed by atoms with Crippen LogP contribution in [0.5, 0.6) is 34.5 Å². The average Bonchev–Trinajstić information content (AvgIpc) is 0.698. The zero-order chi connectivity index (χ0) is 86.8. The predicted octanol–water partition coefficient (Wildman–Crippen LogP) is 20.8. The SMILES string of the molecule is Brc1ccccc1P(c1ccc(N2c3ccccc3Oc3ccccc32)cc1)c1ccccc1Br.O.OO.[B].c1ccc([Si]2(c3ccccc3)c3ccccc3P(c3ccc(N4c5ccccc5Oc5ccccc54)cc3)c3ccccc32)cc1.c1ccc([Si]2(c3ccccc3)c3ccccc3P(c3ccc(N4c5ccccc5Oc5ccccc54)cc3)c3ccccc32)cc1. The summed E-state index contributed by atoms with van der Waals surface area (Å²) in [6.45, 7) is 0. The van der Waals surface area contributed by atoms with Crippen LogP contribution in [0.3, 0.4) is 0 Å². The Morgan fingerprint density at radius 2 is 0.435 bits per heavy atom. The van der Waals surface area contributed by atoms with Gasteiger partial charge in [-0.15, -0.1) is 0 Å². The summed E-state index contributed by atoms with van der Waals surface area (Å²) in [4.78, 5) is 6.91. The molecule has 9 nitrogen and oxygen atoms in total. The molecule has 0 bridgehead atoms. The molecule has 19 aromatic rings. The van der Waals surface area contributed by atoms with Crippen LogP contribution in [0.15, 0.2) is 494 Å². The Hall–Kier alpha value is -13.4. The number of anilines is 9. The van der Waals surface area contributed by atoms with Crippen molar-refractivity contribution in [1.82, 2.24) is 0 Å². The molecule has 0 amide bonds. The molecule has 0 aliphatic carbocycles. The van der Waals surface area contributed by atoms with Gasteiger partial charge in [-0.25, -0.2) is 0 Å². The van der Waals surface area contributed by atoms with Crippen molar-refractivity contribution in [3.8, 4) is 34.5 Å². The Kier molecular flexibility index (Phi) is 25.5. The maximum Gasteiger partial charge on any atom is 0.180 e. The molecular weight excluding hydrogens is 1830 g/mol. The average molecular weight is 1910 g/mol. The van der Waals surface area contributed by atoms with E-state index in [-0.39, 0.29) is 13.9 Å². The highest BCUT2D eigenvalue weighted by atomic mass is 79.9. The Labute approximate surface area is 787 Å². The lowest BCUT2D eigenvalue weighted by Crippen LogP contribution is -2.81. The van der Waals surface area contributed by atoms with Crippen LogP contribution < -0.4 is 118 Å². The van der Waals surface area contributed by atoms with Gasteiger partial charge in [0.05, 0.1) is 34.1 Å². The molecule has 0 unspecified atom stereocenters. The van der Waals surface area contributed by atoms with Crippen LogP contribution >= 0.6 is 55.6 Å². The van der Waals surface area contributed by atoms with Gasteiger partial charge in [0, 0.05) is 34.4 Å². The second-order valence-corrected chi connectivity index (χ2v) is 47.2. The van der Waals surface area contributed by atoms with Crippen LogP contribution in [0.25, 0.3) is 0 Å². The van der Waals surface area contributed by atoms with Crippen LogP contribution in [0, 0.1) is 0 Å². The fourth-order valence-electron chi connectivity index (χ4n) is 19.3. The van der Waals surface area contributed by atoms with E-state index in [1.807, 2.05) is 72.8 Å². The Morgan fingerprint density at radius 1 is 0.229 bits per heavy atom. The second kappa shape index (κ2) is 38.3. The zero-order valence-corrected chi connectivity index (χ0v) is 78.7. The Balaban J connectivity index is 0.000000126. The lowest BCUT2D eigenvalue weighted by atomic mass is 10.1. The lowest BCUT2D eigenvalue weighted by molar-refractivity contribution is -0.176. The van der Waals surface area contributed by atoms with Crippen molar-refractivity contribution in [2.45, 2.75) is 0 Å². The minimum atomic E-state index is -2.57. The molecule has 24 rings (SSSR count). The molecule has 631 valence electrons. The van der Waals surface area contributed by atoms with E-state index in [0.717, 1.165) is 94.6 Å².